The van der Waals surface area contributed by atoms with Crippen LogP contribution in [0.2, 0.25) is 0 Å². The van der Waals surface area contributed by atoms with Crippen molar-refractivity contribution in [2.45, 2.75) is 32.2 Å². The molecule has 3 aromatic rings. The number of aromatic nitrogens is 1. The zero-order valence-corrected chi connectivity index (χ0v) is 17.1. The van der Waals surface area contributed by atoms with E-state index in [-0.39, 0.29) is 26.2 Å². The summed E-state index contributed by atoms with van der Waals surface area (Å²) in [5, 5.41) is 3.57. The molecule has 1 heterocycles. The molecule has 1 amide bonds. The monoisotopic (exact) mass is 446 g/mol. The van der Waals surface area contributed by atoms with Crippen LogP contribution in [0, 0.1) is 0 Å². The summed E-state index contributed by atoms with van der Waals surface area (Å²) < 4.78 is 7.74. The predicted octanol–water partition coefficient (Wildman–Crippen LogP) is 2.58. The number of hydrogen-bond donors (Lipinski definition) is 1. The normalized spacial score (nSPS) is 10.7. The standard InChI is InChI=1S/C21H22N2O4Se/c24-15-27-17-10-11-19-18(14-17)21(26)23(28-19)13-7-2-1-6-12-22-20(25)16-8-4-3-5-9-16/h3-5,8-11,14-15H,1-2,6-7,12-13H2,(H,22,25). The average Bonchev–Trinajstić information content (AvgIpc) is 3.03. The van der Waals surface area contributed by atoms with E-state index in [1.165, 1.54) is 0 Å². The number of hydrogen-bond acceptors (Lipinski definition) is 4. The van der Waals surface area contributed by atoms with Gasteiger partial charge in [-0.1, -0.05) is 6.07 Å². The van der Waals surface area contributed by atoms with Gasteiger partial charge in [0.2, 0.25) is 0 Å². The second kappa shape index (κ2) is 10.1. The van der Waals surface area contributed by atoms with Gasteiger partial charge >= 0.3 is 163 Å². The van der Waals surface area contributed by atoms with Crippen LogP contribution >= 0.6 is 0 Å². The zero-order chi connectivity index (χ0) is 19.8. The van der Waals surface area contributed by atoms with E-state index < -0.39 is 0 Å². The average molecular weight is 445 g/mol. The van der Waals surface area contributed by atoms with E-state index in [0.29, 0.717) is 29.7 Å². The molecule has 7 heteroatoms. The van der Waals surface area contributed by atoms with Gasteiger partial charge in [-0.3, -0.25) is 0 Å². The van der Waals surface area contributed by atoms with Crippen molar-refractivity contribution in [1.82, 2.24) is 8.88 Å². The Kier molecular flexibility index (Phi) is 7.23. The fraction of sp³-hybridized carbons (Fsp3) is 0.286. The number of nitrogens with zero attached hydrogens (tertiary/aromatic N) is 1. The van der Waals surface area contributed by atoms with E-state index in [1.54, 1.807) is 24.3 Å². The molecule has 6 nitrogen and oxygen atoms in total. The van der Waals surface area contributed by atoms with E-state index in [2.05, 4.69) is 5.32 Å². The molecule has 28 heavy (non-hydrogen) atoms. The molecule has 1 N–H and O–H groups in total. The Balaban J connectivity index is 1.39. The van der Waals surface area contributed by atoms with Crippen LogP contribution in [0.15, 0.2) is 53.3 Å². The molecule has 0 atom stereocenters. The van der Waals surface area contributed by atoms with Gasteiger partial charge in [-0.25, -0.2) is 0 Å². The Morgan fingerprint density at radius 2 is 1.86 bits per heavy atom. The Morgan fingerprint density at radius 3 is 2.64 bits per heavy atom. The SMILES string of the molecule is O=COc1ccc2[se]n(CCCCCCNC(=O)c3ccccc3)c(=O)c2c1. The quantitative estimate of drug-likeness (QED) is 0.296. The van der Waals surface area contributed by atoms with E-state index >= 15 is 0 Å². The van der Waals surface area contributed by atoms with Gasteiger partial charge < -0.3 is 0 Å². The summed E-state index contributed by atoms with van der Waals surface area (Å²) in [6, 6.07) is 14.4. The number of rotatable bonds is 10. The van der Waals surface area contributed by atoms with Crippen LogP contribution in [-0.4, -0.2) is 37.2 Å². The number of aryl methyl sites for hydroxylation is 1. The fourth-order valence-electron chi connectivity index (χ4n) is 2.95. The third-order valence-corrected chi connectivity index (χ3v) is 6.76. The van der Waals surface area contributed by atoms with Gasteiger partial charge in [0.15, 0.2) is 0 Å². The van der Waals surface area contributed by atoms with Crippen molar-refractivity contribution >= 4 is 36.8 Å². The minimum atomic E-state index is -0.0401. The van der Waals surface area contributed by atoms with Gasteiger partial charge in [0.1, 0.15) is 0 Å². The van der Waals surface area contributed by atoms with E-state index in [4.69, 9.17) is 4.74 Å². The van der Waals surface area contributed by atoms with Gasteiger partial charge in [0.25, 0.3) is 0 Å². The molecule has 0 radical (unpaired) electrons. The number of amides is 1. The van der Waals surface area contributed by atoms with Crippen molar-refractivity contribution in [3.63, 3.8) is 0 Å². The second-order valence-electron chi connectivity index (χ2n) is 6.41. The van der Waals surface area contributed by atoms with Crippen LogP contribution in [0.3, 0.4) is 0 Å². The molecule has 0 bridgehead atoms. The molecule has 146 valence electrons. The predicted molar refractivity (Wildman–Crippen MR) is 109 cm³/mol. The first kappa shape index (κ1) is 20.1. The summed E-state index contributed by atoms with van der Waals surface area (Å²) in [5.41, 5.74) is 0.694. The molecule has 0 unspecified atom stereocenters. The van der Waals surface area contributed by atoms with E-state index in [0.717, 1.165) is 36.5 Å². The zero-order valence-electron chi connectivity index (χ0n) is 15.4. The van der Waals surface area contributed by atoms with Crippen molar-refractivity contribution in [2.75, 3.05) is 6.54 Å². The number of unbranched alkanes of at least 4 members (excludes halogenated alkanes) is 3. The summed E-state index contributed by atoms with van der Waals surface area (Å²) in [7, 11) is 0. The molecule has 2 aromatic carbocycles. The topological polar surface area (TPSA) is 77.4 Å². The Morgan fingerprint density at radius 1 is 1.07 bits per heavy atom. The second-order valence-corrected chi connectivity index (χ2v) is 8.64. The summed E-state index contributed by atoms with van der Waals surface area (Å²) in [4.78, 5) is 34.9. The first-order valence-electron chi connectivity index (χ1n) is 9.26. The van der Waals surface area contributed by atoms with Crippen LogP contribution in [0.25, 0.3) is 9.65 Å². The van der Waals surface area contributed by atoms with Crippen molar-refractivity contribution in [3.8, 4) is 5.75 Å². The summed E-state index contributed by atoms with van der Waals surface area (Å²) in [6.07, 6.45) is 3.88. The molecule has 3 rings (SSSR count). The van der Waals surface area contributed by atoms with Crippen LogP contribution in [0.1, 0.15) is 36.0 Å². The van der Waals surface area contributed by atoms with Gasteiger partial charge in [-0.15, -0.1) is 0 Å². The first-order valence-corrected chi connectivity index (χ1v) is 10.9. The molecule has 0 aliphatic rings. The molecule has 1 aromatic heterocycles. The Hall–Kier alpha value is -2.63. The van der Waals surface area contributed by atoms with Gasteiger partial charge in [-0.05, 0) is 0 Å². The molecular weight excluding hydrogens is 423 g/mol. The molecule has 0 saturated heterocycles. The number of carbonyl (C=O) groups excluding carboxylic acids is 2. The van der Waals surface area contributed by atoms with Crippen LogP contribution in [0.4, 0.5) is 0 Å². The number of carbonyl (C=O) groups is 2. The number of ether oxygens (including phenoxy) is 1. The molecule has 0 fully saturated rings. The molecule has 0 spiro atoms. The first-order chi connectivity index (χ1) is 13.7. The van der Waals surface area contributed by atoms with E-state index in [9.17, 15) is 14.4 Å². The third-order valence-electron chi connectivity index (χ3n) is 4.41. The molecule has 0 saturated carbocycles. The summed E-state index contributed by atoms with van der Waals surface area (Å²) in [6.45, 7) is 1.76. The fourth-order valence-corrected chi connectivity index (χ4v) is 5.08. The van der Waals surface area contributed by atoms with Crippen LogP contribution < -0.4 is 15.6 Å². The van der Waals surface area contributed by atoms with Crippen LogP contribution in [-0.2, 0) is 11.3 Å². The molecular formula is C21H22N2O4Se. The molecule has 0 aliphatic carbocycles. The summed E-state index contributed by atoms with van der Waals surface area (Å²) >= 11 is -0.0181. The Labute approximate surface area is 169 Å². The van der Waals surface area contributed by atoms with Gasteiger partial charge in [-0.2, -0.15) is 0 Å². The van der Waals surface area contributed by atoms with Crippen molar-refractivity contribution < 1.29 is 14.3 Å². The Bertz CT molecular complexity index is 995. The van der Waals surface area contributed by atoms with Gasteiger partial charge in [0.05, 0.1) is 0 Å². The maximum atomic E-state index is 12.5. The third kappa shape index (κ3) is 5.21. The minimum absolute atomic E-state index is 0.0153. The number of nitrogens with one attached hydrogen (secondary N) is 1. The van der Waals surface area contributed by atoms with Crippen LogP contribution in [0.5, 0.6) is 5.75 Å². The number of fused-ring (bicyclic) bond motifs is 1. The van der Waals surface area contributed by atoms with E-state index in [1.807, 2.05) is 27.8 Å². The number of benzene rings is 2. The summed E-state index contributed by atoms with van der Waals surface area (Å²) in [5.74, 6) is 0.360. The van der Waals surface area contributed by atoms with Crippen molar-refractivity contribution in [2.24, 2.45) is 0 Å². The molecule has 0 aliphatic heterocycles. The maximum absolute atomic E-state index is 12.5. The van der Waals surface area contributed by atoms with Crippen molar-refractivity contribution in [1.29, 1.82) is 0 Å². The van der Waals surface area contributed by atoms with Gasteiger partial charge in [0, 0.05) is 0 Å². The van der Waals surface area contributed by atoms with Crippen molar-refractivity contribution in [3.05, 3.63) is 64.4 Å².